The van der Waals surface area contributed by atoms with E-state index >= 15 is 0 Å². The number of ether oxygens (including phenoxy) is 1. The molecule has 1 aromatic rings. The van der Waals surface area contributed by atoms with Crippen LogP contribution in [0.2, 0.25) is 0 Å². The molecule has 1 fully saturated rings. The van der Waals surface area contributed by atoms with Gasteiger partial charge in [0.25, 0.3) is 5.56 Å². The van der Waals surface area contributed by atoms with Crippen LogP contribution < -0.4 is 11.2 Å². The van der Waals surface area contributed by atoms with Crippen molar-refractivity contribution in [2.24, 2.45) is 5.92 Å². The Hall–Kier alpha value is -1.66. The Balaban J connectivity index is 2.59. The van der Waals surface area contributed by atoms with Gasteiger partial charge >= 0.3 is 5.69 Å². The molecule has 2 heterocycles. The standard InChI is InChI=1S/C13H16ClN3O5/c1-3-4-13(14)8(6-18)10(7(2)19)22-11(13)17-12(21)16-9(20)5-15-17/h5,7-8,10-11,18-19H,6H2,1-2H3,(H,16,20,21)/t7-,8?,10+,11+,13?/m0/s1. The minimum atomic E-state index is -1.47. The van der Waals surface area contributed by atoms with Gasteiger partial charge in [0, 0.05) is 5.92 Å². The molecule has 5 atom stereocenters. The molecule has 1 aliphatic rings. The lowest BCUT2D eigenvalue weighted by molar-refractivity contribution is -0.0730. The van der Waals surface area contributed by atoms with Crippen molar-refractivity contribution < 1.29 is 14.9 Å². The molecule has 1 saturated heterocycles. The van der Waals surface area contributed by atoms with E-state index in [0.29, 0.717) is 0 Å². The maximum Gasteiger partial charge on any atom is 0.347 e. The van der Waals surface area contributed by atoms with Gasteiger partial charge < -0.3 is 14.9 Å². The van der Waals surface area contributed by atoms with Gasteiger partial charge in [0.2, 0.25) is 0 Å². The van der Waals surface area contributed by atoms with E-state index in [9.17, 15) is 19.8 Å². The van der Waals surface area contributed by atoms with E-state index in [1.54, 1.807) is 6.92 Å². The number of alkyl halides is 1. The number of hydrogen-bond donors (Lipinski definition) is 3. The van der Waals surface area contributed by atoms with E-state index < -0.39 is 47.1 Å². The van der Waals surface area contributed by atoms with E-state index in [1.165, 1.54) is 6.92 Å². The van der Waals surface area contributed by atoms with Crippen LogP contribution in [0.3, 0.4) is 0 Å². The summed E-state index contributed by atoms with van der Waals surface area (Å²) in [4.78, 5) is 23.6. The first-order valence-corrected chi connectivity index (χ1v) is 6.98. The zero-order valence-electron chi connectivity index (χ0n) is 12.0. The summed E-state index contributed by atoms with van der Waals surface area (Å²) in [6, 6.07) is 0. The third-order valence-electron chi connectivity index (χ3n) is 3.53. The zero-order chi connectivity index (χ0) is 16.5. The van der Waals surface area contributed by atoms with E-state index in [2.05, 4.69) is 16.9 Å². The number of aromatic amines is 1. The molecule has 9 heteroatoms. The van der Waals surface area contributed by atoms with Crippen LogP contribution >= 0.6 is 11.6 Å². The first kappa shape index (κ1) is 16.7. The number of aliphatic hydroxyl groups is 2. The number of hydrogen-bond acceptors (Lipinski definition) is 6. The summed E-state index contributed by atoms with van der Waals surface area (Å²) in [7, 11) is 0. The van der Waals surface area contributed by atoms with E-state index in [4.69, 9.17) is 16.3 Å². The Kier molecular flexibility index (Phi) is 4.72. The highest BCUT2D eigenvalue weighted by Gasteiger charge is 2.57. The molecule has 0 aromatic carbocycles. The van der Waals surface area contributed by atoms with Gasteiger partial charge in [0.05, 0.1) is 18.8 Å². The molecule has 0 saturated carbocycles. The summed E-state index contributed by atoms with van der Waals surface area (Å²) in [5.41, 5.74) is -1.48. The van der Waals surface area contributed by atoms with Crippen molar-refractivity contribution >= 4 is 11.6 Å². The van der Waals surface area contributed by atoms with Crippen LogP contribution in [0.4, 0.5) is 0 Å². The minimum Gasteiger partial charge on any atom is -0.396 e. The fraction of sp³-hybridized carbons (Fsp3) is 0.615. The van der Waals surface area contributed by atoms with Crippen LogP contribution in [0.5, 0.6) is 0 Å². The third-order valence-corrected chi connectivity index (χ3v) is 4.09. The zero-order valence-corrected chi connectivity index (χ0v) is 12.7. The van der Waals surface area contributed by atoms with E-state index in [-0.39, 0.29) is 0 Å². The third kappa shape index (κ3) is 2.68. The molecule has 22 heavy (non-hydrogen) atoms. The summed E-state index contributed by atoms with van der Waals surface area (Å²) < 4.78 is 6.49. The molecular formula is C13H16ClN3O5. The number of nitrogens with one attached hydrogen (secondary N) is 1. The average Bonchev–Trinajstić information content (AvgIpc) is 2.72. The quantitative estimate of drug-likeness (QED) is 0.474. The van der Waals surface area contributed by atoms with Crippen LogP contribution in [-0.2, 0) is 4.74 Å². The number of aromatic nitrogens is 3. The van der Waals surface area contributed by atoms with Crippen molar-refractivity contribution in [1.82, 2.24) is 14.8 Å². The van der Waals surface area contributed by atoms with Crippen molar-refractivity contribution in [3.63, 3.8) is 0 Å². The maximum atomic E-state index is 11.9. The predicted molar refractivity (Wildman–Crippen MR) is 77.3 cm³/mol. The number of H-pyrrole nitrogens is 1. The SMILES string of the molecule is CC#CC1(Cl)C(CO)[C@@H]([C@H](C)O)O[C@H]1n1ncc(=O)[nH]c1=O. The highest BCUT2D eigenvalue weighted by atomic mass is 35.5. The summed E-state index contributed by atoms with van der Waals surface area (Å²) in [5.74, 6) is 4.62. The second-order valence-corrected chi connectivity index (χ2v) is 5.63. The first-order valence-electron chi connectivity index (χ1n) is 6.60. The Morgan fingerprint density at radius 1 is 1.64 bits per heavy atom. The predicted octanol–water partition coefficient (Wildman–Crippen LogP) is -1.18. The summed E-state index contributed by atoms with van der Waals surface area (Å²) in [6.45, 7) is 2.63. The monoisotopic (exact) mass is 329 g/mol. The fourth-order valence-corrected chi connectivity index (χ4v) is 2.99. The van der Waals surface area contributed by atoms with Crippen molar-refractivity contribution in [3.8, 4) is 11.8 Å². The van der Waals surface area contributed by atoms with Crippen LogP contribution in [0.1, 0.15) is 20.1 Å². The van der Waals surface area contributed by atoms with E-state index in [0.717, 1.165) is 10.9 Å². The molecule has 1 aliphatic heterocycles. The van der Waals surface area contributed by atoms with Gasteiger partial charge in [-0.05, 0) is 13.8 Å². The van der Waals surface area contributed by atoms with Gasteiger partial charge in [0.15, 0.2) is 11.1 Å². The lowest BCUT2D eigenvalue weighted by atomic mass is 9.87. The molecule has 0 spiro atoms. The van der Waals surface area contributed by atoms with Crippen LogP contribution in [0.25, 0.3) is 0 Å². The van der Waals surface area contributed by atoms with Crippen LogP contribution in [0.15, 0.2) is 15.8 Å². The van der Waals surface area contributed by atoms with Crippen LogP contribution in [0, 0.1) is 17.8 Å². The van der Waals surface area contributed by atoms with Crippen molar-refractivity contribution in [3.05, 3.63) is 27.0 Å². The first-order chi connectivity index (χ1) is 10.3. The second-order valence-electron chi connectivity index (χ2n) is 5.01. The Bertz CT molecular complexity index is 719. The molecule has 2 rings (SSSR count). The number of rotatable bonds is 3. The highest BCUT2D eigenvalue weighted by Crippen LogP contribution is 2.47. The van der Waals surface area contributed by atoms with Gasteiger partial charge in [0.1, 0.15) is 6.20 Å². The van der Waals surface area contributed by atoms with Gasteiger partial charge in [-0.25, -0.2) is 4.79 Å². The Morgan fingerprint density at radius 3 is 2.82 bits per heavy atom. The molecule has 1 aromatic heterocycles. The maximum absolute atomic E-state index is 11.9. The lowest BCUT2D eigenvalue weighted by Gasteiger charge is -2.27. The van der Waals surface area contributed by atoms with Gasteiger partial charge in [-0.3, -0.25) is 9.78 Å². The van der Waals surface area contributed by atoms with Gasteiger partial charge in [-0.2, -0.15) is 9.78 Å². The Labute approximate surface area is 130 Å². The lowest BCUT2D eigenvalue weighted by Crippen LogP contribution is -2.44. The summed E-state index contributed by atoms with van der Waals surface area (Å²) in [5, 5.41) is 23.2. The minimum absolute atomic E-state index is 0.400. The fourth-order valence-electron chi connectivity index (χ4n) is 2.56. The van der Waals surface area contributed by atoms with E-state index in [1.807, 2.05) is 4.98 Å². The molecule has 8 nitrogen and oxygen atoms in total. The van der Waals surface area contributed by atoms with Crippen molar-refractivity contribution in [1.29, 1.82) is 0 Å². The highest BCUT2D eigenvalue weighted by molar-refractivity contribution is 6.26. The number of halogens is 1. The molecule has 0 radical (unpaired) electrons. The second kappa shape index (κ2) is 6.22. The molecule has 120 valence electrons. The largest absolute Gasteiger partial charge is 0.396 e. The smallest absolute Gasteiger partial charge is 0.347 e. The normalized spacial score (nSPS) is 32.3. The number of aliphatic hydroxyl groups excluding tert-OH is 2. The molecule has 0 bridgehead atoms. The van der Waals surface area contributed by atoms with Crippen molar-refractivity contribution in [2.45, 2.75) is 37.2 Å². The van der Waals surface area contributed by atoms with Gasteiger partial charge in [-0.1, -0.05) is 17.5 Å². The molecule has 2 unspecified atom stereocenters. The Morgan fingerprint density at radius 2 is 2.32 bits per heavy atom. The van der Waals surface area contributed by atoms with Gasteiger partial charge in [-0.15, -0.1) is 5.92 Å². The molecule has 3 N–H and O–H groups in total. The molecule has 0 aliphatic carbocycles. The van der Waals surface area contributed by atoms with Crippen LogP contribution in [-0.4, -0.2) is 48.7 Å². The average molecular weight is 330 g/mol. The summed E-state index contributed by atoms with van der Waals surface area (Å²) >= 11 is 6.53. The summed E-state index contributed by atoms with van der Waals surface area (Å²) in [6.07, 6.45) is -2.04. The molecule has 0 amide bonds. The molecular weight excluding hydrogens is 314 g/mol. The topological polar surface area (TPSA) is 117 Å². The number of nitrogens with zero attached hydrogens (tertiary/aromatic N) is 2. The van der Waals surface area contributed by atoms with Crippen molar-refractivity contribution in [2.75, 3.05) is 6.61 Å².